The number of nitrogens with one attached hydrogen (secondary N) is 1. The van der Waals surface area contributed by atoms with E-state index in [0.29, 0.717) is 0 Å². The van der Waals surface area contributed by atoms with Crippen LogP contribution in [0.15, 0.2) is 0 Å². The lowest BCUT2D eigenvalue weighted by Crippen LogP contribution is -2.45. The van der Waals surface area contributed by atoms with Crippen LogP contribution < -0.4 is 5.32 Å². The molecule has 2 N–H and O–H groups in total. The molecule has 1 saturated carbocycles. The highest BCUT2D eigenvalue weighted by Crippen LogP contribution is 2.25. The first-order valence-electron chi connectivity index (χ1n) is 7.88. The molecule has 2 rings (SSSR count). The van der Waals surface area contributed by atoms with Crippen LogP contribution in [-0.4, -0.2) is 48.3 Å². The van der Waals surface area contributed by atoms with E-state index < -0.39 is 0 Å². The SMILES string of the molecule is CC(O)CN(CC1CCNCC1)C1CCCCC1.Cl. The van der Waals surface area contributed by atoms with Crippen LogP contribution in [0, 0.1) is 5.92 Å². The van der Waals surface area contributed by atoms with Crippen molar-refractivity contribution in [2.24, 2.45) is 5.92 Å². The highest BCUT2D eigenvalue weighted by atomic mass is 35.5. The van der Waals surface area contributed by atoms with Crippen LogP contribution in [0.1, 0.15) is 51.9 Å². The topological polar surface area (TPSA) is 35.5 Å². The van der Waals surface area contributed by atoms with Crippen molar-refractivity contribution in [1.82, 2.24) is 10.2 Å². The van der Waals surface area contributed by atoms with Gasteiger partial charge in [0.1, 0.15) is 0 Å². The first-order valence-corrected chi connectivity index (χ1v) is 7.88. The number of piperidine rings is 1. The molecule has 3 nitrogen and oxygen atoms in total. The van der Waals surface area contributed by atoms with Crippen molar-refractivity contribution < 1.29 is 5.11 Å². The minimum atomic E-state index is -0.186. The highest BCUT2D eigenvalue weighted by molar-refractivity contribution is 5.85. The van der Waals surface area contributed by atoms with E-state index >= 15 is 0 Å². The predicted molar refractivity (Wildman–Crippen MR) is 83.0 cm³/mol. The van der Waals surface area contributed by atoms with Crippen molar-refractivity contribution in [2.45, 2.75) is 64.0 Å². The van der Waals surface area contributed by atoms with E-state index in [1.807, 2.05) is 6.92 Å². The fraction of sp³-hybridized carbons (Fsp3) is 1.00. The Bertz CT molecular complexity index is 226. The van der Waals surface area contributed by atoms with Crippen molar-refractivity contribution in [1.29, 1.82) is 0 Å². The second-order valence-corrected chi connectivity index (χ2v) is 6.29. The Kier molecular flexibility index (Phi) is 8.31. The van der Waals surface area contributed by atoms with Gasteiger partial charge in [-0.1, -0.05) is 19.3 Å². The molecule has 2 fully saturated rings. The molecule has 0 radical (unpaired) electrons. The standard InChI is InChI=1S/C15H30N2O.ClH/c1-13(18)11-17(15-5-3-2-4-6-15)12-14-7-9-16-10-8-14;/h13-16,18H,2-12H2,1H3;1H. The highest BCUT2D eigenvalue weighted by Gasteiger charge is 2.25. The van der Waals surface area contributed by atoms with Crippen LogP contribution in [0.2, 0.25) is 0 Å². The number of hydrogen-bond donors (Lipinski definition) is 2. The van der Waals surface area contributed by atoms with E-state index in [1.54, 1.807) is 0 Å². The normalized spacial score (nSPS) is 24.2. The summed E-state index contributed by atoms with van der Waals surface area (Å²) in [6.45, 7) is 6.36. The summed E-state index contributed by atoms with van der Waals surface area (Å²) in [7, 11) is 0. The molecule has 19 heavy (non-hydrogen) atoms. The lowest BCUT2D eigenvalue weighted by atomic mass is 9.91. The molecule has 0 amide bonds. The van der Waals surface area contributed by atoms with Gasteiger partial charge in [-0.25, -0.2) is 0 Å². The molecule has 1 aliphatic heterocycles. The Labute approximate surface area is 124 Å². The molecule has 4 heteroatoms. The van der Waals surface area contributed by atoms with Gasteiger partial charge in [-0.05, 0) is 51.6 Å². The summed E-state index contributed by atoms with van der Waals surface area (Å²) in [5.74, 6) is 0.840. The van der Waals surface area contributed by atoms with E-state index in [4.69, 9.17) is 0 Å². The smallest absolute Gasteiger partial charge is 0.0639 e. The largest absolute Gasteiger partial charge is 0.392 e. The second-order valence-electron chi connectivity index (χ2n) is 6.29. The average molecular weight is 291 g/mol. The van der Waals surface area contributed by atoms with Gasteiger partial charge in [-0.2, -0.15) is 0 Å². The Morgan fingerprint density at radius 2 is 1.74 bits per heavy atom. The number of aliphatic hydroxyl groups excluding tert-OH is 1. The van der Waals surface area contributed by atoms with E-state index in [2.05, 4.69) is 10.2 Å². The quantitative estimate of drug-likeness (QED) is 0.816. The molecule has 1 heterocycles. The van der Waals surface area contributed by atoms with E-state index in [0.717, 1.165) is 18.5 Å². The van der Waals surface area contributed by atoms with E-state index in [-0.39, 0.29) is 18.5 Å². The van der Waals surface area contributed by atoms with E-state index in [9.17, 15) is 5.11 Å². The number of hydrogen-bond acceptors (Lipinski definition) is 3. The molecule has 2 aliphatic rings. The van der Waals surface area contributed by atoms with Crippen molar-refractivity contribution in [3.8, 4) is 0 Å². The molecule has 0 aromatic heterocycles. The number of rotatable bonds is 5. The summed E-state index contributed by atoms with van der Waals surface area (Å²) < 4.78 is 0. The maximum absolute atomic E-state index is 9.73. The summed E-state index contributed by atoms with van der Waals surface area (Å²) in [5.41, 5.74) is 0. The third kappa shape index (κ3) is 5.99. The Morgan fingerprint density at radius 3 is 2.32 bits per heavy atom. The van der Waals surface area contributed by atoms with Gasteiger partial charge in [-0.15, -0.1) is 12.4 Å². The minimum absolute atomic E-state index is 0. The first-order chi connectivity index (χ1) is 8.75. The molecule has 0 spiro atoms. The van der Waals surface area contributed by atoms with E-state index in [1.165, 1.54) is 64.6 Å². The van der Waals surface area contributed by atoms with Gasteiger partial charge in [0.05, 0.1) is 6.10 Å². The number of halogens is 1. The number of nitrogens with zero attached hydrogens (tertiary/aromatic N) is 1. The van der Waals surface area contributed by atoms with Crippen molar-refractivity contribution in [3.63, 3.8) is 0 Å². The zero-order valence-corrected chi connectivity index (χ0v) is 13.1. The molecule has 1 saturated heterocycles. The predicted octanol–water partition coefficient (Wildman–Crippen LogP) is 2.42. The molecule has 1 unspecified atom stereocenters. The van der Waals surface area contributed by atoms with Crippen LogP contribution >= 0.6 is 12.4 Å². The molecule has 0 aromatic carbocycles. The van der Waals surface area contributed by atoms with Crippen LogP contribution in [0.4, 0.5) is 0 Å². The first kappa shape index (κ1) is 17.2. The van der Waals surface area contributed by atoms with Gasteiger partial charge < -0.3 is 10.4 Å². The molecular formula is C15H31ClN2O. The lowest BCUT2D eigenvalue weighted by Gasteiger charge is -2.38. The minimum Gasteiger partial charge on any atom is -0.392 e. The van der Waals surface area contributed by atoms with Crippen LogP contribution in [-0.2, 0) is 0 Å². The lowest BCUT2D eigenvalue weighted by molar-refractivity contribution is 0.0655. The maximum Gasteiger partial charge on any atom is 0.0639 e. The zero-order valence-electron chi connectivity index (χ0n) is 12.3. The second kappa shape index (κ2) is 9.17. The Morgan fingerprint density at radius 1 is 1.11 bits per heavy atom. The molecule has 0 bridgehead atoms. The van der Waals surface area contributed by atoms with Crippen LogP contribution in [0.25, 0.3) is 0 Å². The molecule has 114 valence electrons. The van der Waals surface area contributed by atoms with Crippen LogP contribution in [0.3, 0.4) is 0 Å². The van der Waals surface area contributed by atoms with Gasteiger partial charge in [0.25, 0.3) is 0 Å². The van der Waals surface area contributed by atoms with Crippen LogP contribution in [0.5, 0.6) is 0 Å². The fourth-order valence-electron chi connectivity index (χ4n) is 3.55. The summed E-state index contributed by atoms with van der Waals surface area (Å²) in [6, 6.07) is 0.739. The van der Waals surface area contributed by atoms with Gasteiger partial charge in [-0.3, -0.25) is 4.90 Å². The monoisotopic (exact) mass is 290 g/mol. The molecule has 1 aliphatic carbocycles. The molecule has 1 atom stereocenters. The zero-order chi connectivity index (χ0) is 12.8. The maximum atomic E-state index is 9.73. The van der Waals surface area contributed by atoms with Gasteiger partial charge in [0.2, 0.25) is 0 Å². The molecule has 0 aromatic rings. The third-order valence-corrected chi connectivity index (χ3v) is 4.54. The van der Waals surface area contributed by atoms with Crippen molar-refractivity contribution in [2.75, 3.05) is 26.2 Å². The Hall–Kier alpha value is 0.170. The number of aliphatic hydroxyl groups is 1. The van der Waals surface area contributed by atoms with Gasteiger partial charge >= 0.3 is 0 Å². The van der Waals surface area contributed by atoms with Crippen molar-refractivity contribution >= 4 is 12.4 Å². The van der Waals surface area contributed by atoms with Crippen molar-refractivity contribution in [3.05, 3.63) is 0 Å². The summed E-state index contributed by atoms with van der Waals surface area (Å²) in [4.78, 5) is 2.60. The summed E-state index contributed by atoms with van der Waals surface area (Å²) in [5, 5.41) is 13.2. The third-order valence-electron chi connectivity index (χ3n) is 4.54. The fourth-order valence-corrected chi connectivity index (χ4v) is 3.55. The van der Waals surface area contributed by atoms with Gasteiger partial charge in [0.15, 0.2) is 0 Å². The average Bonchev–Trinajstić information content (AvgIpc) is 2.40. The van der Waals surface area contributed by atoms with Gasteiger partial charge in [0, 0.05) is 19.1 Å². The summed E-state index contributed by atoms with van der Waals surface area (Å²) >= 11 is 0. The molecular weight excluding hydrogens is 260 g/mol. The summed E-state index contributed by atoms with van der Waals surface area (Å²) in [6.07, 6.45) is 9.29. The Balaban J connectivity index is 0.00000180.